The molecule has 2 heterocycles. The number of aromatic nitrogens is 5. The SMILES string of the molecule is COCCNc1n[nH]c(-c2nn(C)c(=O)c3ccccc23)n1. The Labute approximate surface area is 126 Å². The number of ether oxygens (including phenoxy) is 1. The number of methoxy groups -OCH3 is 1. The Morgan fingerprint density at radius 3 is 2.86 bits per heavy atom. The van der Waals surface area contributed by atoms with Crippen LogP contribution in [0.15, 0.2) is 29.1 Å². The van der Waals surface area contributed by atoms with Gasteiger partial charge in [-0.05, 0) is 6.07 Å². The van der Waals surface area contributed by atoms with Gasteiger partial charge in [0.2, 0.25) is 5.95 Å². The minimum absolute atomic E-state index is 0.141. The lowest BCUT2D eigenvalue weighted by Gasteiger charge is -2.05. The van der Waals surface area contributed by atoms with E-state index in [1.807, 2.05) is 18.2 Å². The molecule has 3 rings (SSSR count). The molecule has 8 nitrogen and oxygen atoms in total. The topological polar surface area (TPSA) is 97.7 Å². The maximum Gasteiger partial charge on any atom is 0.274 e. The van der Waals surface area contributed by atoms with Crippen molar-refractivity contribution < 1.29 is 4.74 Å². The van der Waals surface area contributed by atoms with Gasteiger partial charge < -0.3 is 10.1 Å². The van der Waals surface area contributed by atoms with Crippen molar-refractivity contribution in [3.05, 3.63) is 34.6 Å². The van der Waals surface area contributed by atoms with Crippen LogP contribution in [0.1, 0.15) is 0 Å². The van der Waals surface area contributed by atoms with E-state index in [1.54, 1.807) is 20.2 Å². The van der Waals surface area contributed by atoms with Crippen LogP contribution in [0.2, 0.25) is 0 Å². The number of anilines is 1. The number of aromatic amines is 1. The van der Waals surface area contributed by atoms with Crippen molar-refractivity contribution >= 4 is 16.7 Å². The van der Waals surface area contributed by atoms with E-state index in [-0.39, 0.29) is 5.56 Å². The zero-order chi connectivity index (χ0) is 15.5. The number of H-pyrrole nitrogens is 1. The van der Waals surface area contributed by atoms with E-state index in [9.17, 15) is 4.79 Å². The first kappa shape index (κ1) is 14.2. The summed E-state index contributed by atoms with van der Waals surface area (Å²) in [6.07, 6.45) is 0. The summed E-state index contributed by atoms with van der Waals surface area (Å²) in [7, 11) is 3.25. The van der Waals surface area contributed by atoms with E-state index in [1.165, 1.54) is 4.68 Å². The van der Waals surface area contributed by atoms with Gasteiger partial charge in [0, 0.05) is 26.1 Å². The van der Waals surface area contributed by atoms with E-state index in [0.717, 1.165) is 5.39 Å². The fraction of sp³-hybridized carbons (Fsp3) is 0.286. The molecule has 0 saturated heterocycles. The minimum atomic E-state index is -0.141. The lowest BCUT2D eigenvalue weighted by atomic mass is 10.1. The molecule has 0 unspecified atom stereocenters. The van der Waals surface area contributed by atoms with Crippen LogP contribution in [0.25, 0.3) is 22.3 Å². The molecule has 2 N–H and O–H groups in total. The number of hydrogen-bond donors (Lipinski definition) is 2. The molecule has 3 aromatic rings. The number of fused-ring (bicyclic) bond motifs is 1. The Hall–Kier alpha value is -2.74. The molecule has 1 aromatic carbocycles. The second kappa shape index (κ2) is 5.94. The highest BCUT2D eigenvalue weighted by Crippen LogP contribution is 2.21. The quantitative estimate of drug-likeness (QED) is 0.676. The monoisotopic (exact) mass is 300 g/mol. The van der Waals surface area contributed by atoms with Crippen LogP contribution in [-0.4, -0.2) is 45.2 Å². The van der Waals surface area contributed by atoms with Gasteiger partial charge in [-0.2, -0.15) is 10.1 Å². The lowest BCUT2D eigenvalue weighted by Crippen LogP contribution is -2.20. The third-order valence-corrected chi connectivity index (χ3v) is 3.26. The average Bonchev–Trinajstić information content (AvgIpc) is 3.00. The van der Waals surface area contributed by atoms with E-state index < -0.39 is 0 Å². The van der Waals surface area contributed by atoms with Crippen LogP contribution < -0.4 is 10.9 Å². The molecule has 114 valence electrons. The van der Waals surface area contributed by atoms with E-state index in [0.29, 0.717) is 36.0 Å². The number of aryl methyl sites for hydroxylation is 1. The maximum absolute atomic E-state index is 12.1. The highest BCUT2D eigenvalue weighted by molar-refractivity contribution is 5.92. The van der Waals surface area contributed by atoms with Crippen molar-refractivity contribution in [2.45, 2.75) is 0 Å². The van der Waals surface area contributed by atoms with Crippen LogP contribution in [0.4, 0.5) is 5.95 Å². The molecule has 0 aliphatic heterocycles. The number of nitrogens with one attached hydrogen (secondary N) is 2. The third kappa shape index (κ3) is 2.56. The molecule has 0 aliphatic rings. The Bertz CT molecular complexity index is 854. The highest BCUT2D eigenvalue weighted by atomic mass is 16.5. The normalized spacial score (nSPS) is 11.0. The zero-order valence-electron chi connectivity index (χ0n) is 12.3. The Morgan fingerprint density at radius 1 is 1.32 bits per heavy atom. The second-order valence-corrected chi connectivity index (χ2v) is 4.75. The lowest BCUT2D eigenvalue weighted by molar-refractivity contribution is 0.210. The third-order valence-electron chi connectivity index (χ3n) is 3.26. The maximum atomic E-state index is 12.1. The molecule has 8 heteroatoms. The molecule has 0 spiro atoms. The van der Waals surface area contributed by atoms with Crippen LogP contribution >= 0.6 is 0 Å². The fourth-order valence-electron chi connectivity index (χ4n) is 2.19. The van der Waals surface area contributed by atoms with Crippen molar-refractivity contribution in [3.8, 4) is 11.5 Å². The molecular weight excluding hydrogens is 284 g/mol. The summed E-state index contributed by atoms with van der Waals surface area (Å²) in [5.74, 6) is 0.971. The summed E-state index contributed by atoms with van der Waals surface area (Å²) >= 11 is 0. The summed E-state index contributed by atoms with van der Waals surface area (Å²) in [6.45, 7) is 1.17. The summed E-state index contributed by atoms with van der Waals surface area (Å²) in [5, 5.41) is 15.6. The van der Waals surface area contributed by atoms with Gasteiger partial charge >= 0.3 is 0 Å². The second-order valence-electron chi connectivity index (χ2n) is 4.75. The summed E-state index contributed by atoms with van der Waals surface area (Å²) in [4.78, 5) is 16.5. The van der Waals surface area contributed by atoms with Crippen LogP contribution in [0.3, 0.4) is 0 Å². The Morgan fingerprint density at radius 2 is 2.09 bits per heavy atom. The predicted molar refractivity (Wildman–Crippen MR) is 82.7 cm³/mol. The van der Waals surface area contributed by atoms with Gasteiger partial charge in [0.1, 0.15) is 5.69 Å². The summed E-state index contributed by atoms with van der Waals surface area (Å²) in [5.41, 5.74) is 0.447. The van der Waals surface area contributed by atoms with Gasteiger partial charge in [0.15, 0.2) is 5.82 Å². The van der Waals surface area contributed by atoms with E-state index in [4.69, 9.17) is 4.74 Å². The van der Waals surface area contributed by atoms with Crippen molar-refractivity contribution in [2.75, 3.05) is 25.6 Å². The van der Waals surface area contributed by atoms with E-state index >= 15 is 0 Å². The number of rotatable bonds is 5. The van der Waals surface area contributed by atoms with Gasteiger partial charge in [0.25, 0.3) is 5.56 Å². The zero-order valence-corrected chi connectivity index (χ0v) is 12.3. The first-order valence-electron chi connectivity index (χ1n) is 6.82. The smallest absolute Gasteiger partial charge is 0.274 e. The Balaban J connectivity index is 2.03. The van der Waals surface area contributed by atoms with E-state index in [2.05, 4.69) is 25.6 Å². The minimum Gasteiger partial charge on any atom is -0.383 e. The number of nitrogens with zero attached hydrogens (tertiary/aromatic N) is 4. The molecule has 22 heavy (non-hydrogen) atoms. The number of benzene rings is 1. The van der Waals surface area contributed by atoms with Crippen LogP contribution in [0, 0.1) is 0 Å². The molecule has 2 aromatic heterocycles. The predicted octanol–water partition coefficient (Wildman–Crippen LogP) is 0.777. The molecule has 0 bridgehead atoms. The molecule has 0 atom stereocenters. The standard InChI is InChI=1S/C14H16N6O2/c1-20-13(21)10-6-4-3-5-9(10)11(19-20)12-16-14(18-17-12)15-7-8-22-2/h3-6H,7-8H2,1-2H3,(H2,15,16,17,18). The average molecular weight is 300 g/mol. The van der Waals surface area contributed by atoms with Gasteiger partial charge in [-0.15, -0.1) is 5.10 Å². The van der Waals surface area contributed by atoms with Crippen molar-refractivity contribution in [1.29, 1.82) is 0 Å². The molecule has 0 amide bonds. The van der Waals surface area contributed by atoms with Crippen LogP contribution in [-0.2, 0) is 11.8 Å². The van der Waals surface area contributed by atoms with Crippen molar-refractivity contribution in [1.82, 2.24) is 25.0 Å². The molecule has 0 fully saturated rings. The Kier molecular flexibility index (Phi) is 3.84. The van der Waals surface area contributed by atoms with Gasteiger partial charge in [-0.3, -0.25) is 9.89 Å². The fourth-order valence-corrected chi connectivity index (χ4v) is 2.19. The van der Waals surface area contributed by atoms with Crippen molar-refractivity contribution in [2.24, 2.45) is 7.05 Å². The summed E-state index contributed by atoms with van der Waals surface area (Å²) < 4.78 is 6.27. The van der Waals surface area contributed by atoms with Gasteiger partial charge in [0.05, 0.1) is 12.0 Å². The molecular formula is C14H16N6O2. The molecule has 0 saturated carbocycles. The first-order valence-corrected chi connectivity index (χ1v) is 6.82. The first-order chi connectivity index (χ1) is 10.7. The summed E-state index contributed by atoms with van der Waals surface area (Å²) in [6, 6.07) is 7.31. The highest BCUT2D eigenvalue weighted by Gasteiger charge is 2.14. The van der Waals surface area contributed by atoms with Crippen molar-refractivity contribution in [3.63, 3.8) is 0 Å². The molecule has 0 aliphatic carbocycles. The van der Waals surface area contributed by atoms with Crippen LogP contribution in [0.5, 0.6) is 0 Å². The van der Waals surface area contributed by atoms with Gasteiger partial charge in [-0.1, -0.05) is 18.2 Å². The molecule has 0 radical (unpaired) electrons. The van der Waals surface area contributed by atoms with Gasteiger partial charge in [-0.25, -0.2) is 4.68 Å². The number of hydrogen-bond acceptors (Lipinski definition) is 6. The largest absolute Gasteiger partial charge is 0.383 e.